The van der Waals surface area contributed by atoms with E-state index in [0.29, 0.717) is 5.56 Å². The van der Waals surface area contributed by atoms with E-state index in [1.807, 2.05) is 18.2 Å². The van der Waals surface area contributed by atoms with Crippen molar-refractivity contribution >= 4 is 21.7 Å². The van der Waals surface area contributed by atoms with E-state index in [0.717, 1.165) is 4.47 Å². The van der Waals surface area contributed by atoms with E-state index in [1.165, 1.54) is 12.3 Å². The van der Waals surface area contributed by atoms with Gasteiger partial charge >= 0.3 is 0 Å². The van der Waals surface area contributed by atoms with Crippen LogP contribution in [0.15, 0.2) is 41.0 Å². The van der Waals surface area contributed by atoms with Crippen LogP contribution in [0.5, 0.6) is 0 Å². The molecule has 0 radical (unpaired) electrons. The lowest BCUT2D eigenvalue weighted by Crippen LogP contribution is -2.05. The number of rotatable bonds is 4. The highest BCUT2D eigenvalue weighted by Gasteiger charge is 1.99. The van der Waals surface area contributed by atoms with E-state index in [9.17, 15) is 4.79 Å². The first kappa shape index (κ1) is 11.5. The molecule has 0 spiro atoms. The molecule has 76 valence electrons. The third kappa shape index (κ3) is 3.96. The van der Waals surface area contributed by atoms with Gasteiger partial charge in [-0.25, -0.2) is 0 Å². The second-order valence-corrected chi connectivity index (χ2v) is 3.66. The van der Waals surface area contributed by atoms with Crippen LogP contribution < -0.4 is 5.32 Å². The molecule has 0 saturated carbocycles. The summed E-state index contributed by atoms with van der Waals surface area (Å²) in [7, 11) is 0. The van der Waals surface area contributed by atoms with Crippen LogP contribution in [0.1, 0.15) is 10.4 Å². The number of carbonyl (C=O) groups excluding carboxylic acids is 1. The third-order valence-corrected chi connectivity index (χ3v) is 2.19. The van der Waals surface area contributed by atoms with Crippen molar-refractivity contribution in [2.45, 2.75) is 0 Å². The van der Waals surface area contributed by atoms with Gasteiger partial charge in [0.15, 0.2) is 5.78 Å². The monoisotopic (exact) mass is 264 g/mol. The second kappa shape index (κ2) is 5.99. The number of halogens is 1. The Hall–Kier alpha value is -1.60. The number of carbonyl (C=O) groups is 1. The van der Waals surface area contributed by atoms with Crippen molar-refractivity contribution in [3.8, 4) is 6.07 Å². The van der Waals surface area contributed by atoms with Gasteiger partial charge in [0.1, 0.15) is 6.54 Å². The van der Waals surface area contributed by atoms with Crippen LogP contribution in [0.2, 0.25) is 0 Å². The standard InChI is InChI=1S/C11H9BrN2O/c12-10-3-1-9(2-4-10)11(15)5-7-14-8-6-13/h1-5,7,14H,8H2/b7-5-. The lowest BCUT2D eigenvalue weighted by molar-refractivity contribution is 0.104. The molecule has 1 rings (SSSR count). The molecular weight excluding hydrogens is 256 g/mol. The zero-order valence-corrected chi connectivity index (χ0v) is 9.49. The van der Waals surface area contributed by atoms with Crippen molar-refractivity contribution < 1.29 is 4.79 Å². The summed E-state index contributed by atoms with van der Waals surface area (Å²) >= 11 is 3.29. The van der Waals surface area contributed by atoms with E-state index in [2.05, 4.69) is 21.2 Å². The Kier molecular flexibility index (Phi) is 4.58. The number of hydrogen-bond acceptors (Lipinski definition) is 3. The highest BCUT2D eigenvalue weighted by Crippen LogP contribution is 2.10. The Morgan fingerprint density at radius 1 is 1.47 bits per heavy atom. The van der Waals surface area contributed by atoms with Gasteiger partial charge in [-0.2, -0.15) is 5.26 Å². The maximum absolute atomic E-state index is 11.5. The van der Waals surface area contributed by atoms with Gasteiger partial charge in [0, 0.05) is 22.3 Å². The number of nitriles is 1. The molecule has 0 bridgehead atoms. The molecule has 0 fully saturated rings. The SMILES string of the molecule is N#CCN/C=C\C(=O)c1ccc(Br)cc1. The maximum atomic E-state index is 11.5. The van der Waals surface area contributed by atoms with E-state index in [1.54, 1.807) is 12.1 Å². The predicted octanol–water partition coefficient (Wildman–Crippen LogP) is 2.26. The minimum atomic E-state index is -0.0899. The van der Waals surface area contributed by atoms with E-state index in [4.69, 9.17) is 5.26 Å². The highest BCUT2D eigenvalue weighted by atomic mass is 79.9. The number of nitrogens with one attached hydrogen (secondary N) is 1. The molecular formula is C11H9BrN2O. The Labute approximate surface area is 96.5 Å². The highest BCUT2D eigenvalue weighted by molar-refractivity contribution is 9.10. The summed E-state index contributed by atoms with van der Waals surface area (Å²) in [5.74, 6) is -0.0899. The van der Waals surface area contributed by atoms with Crippen molar-refractivity contribution in [2.75, 3.05) is 6.54 Å². The Morgan fingerprint density at radius 2 is 2.13 bits per heavy atom. The van der Waals surface area contributed by atoms with Gasteiger partial charge in [-0.3, -0.25) is 4.79 Å². The van der Waals surface area contributed by atoms with Gasteiger partial charge in [-0.05, 0) is 24.3 Å². The van der Waals surface area contributed by atoms with Crippen LogP contribution in [0.3, 0.4) is 0 Å². The molecule has 1 N–H and O–H groups in total. The zero-order valence-electron chi connectivity index (χ0n) is 7.90. The van der Waals surface area contributed by atoms with Gasteiger partial charge < -0.3 is 5.32 Å². The molecule has 0 aliphatic rings. The molecule has 1 aromatic carbocycles. The molecule has 0 unspecified atom stereocenters. The molecule has 15 heavy (non-hydrogen) atoms. The van der Waals surface area contributed by atoms with Gasteiger partial charge in [0.25, 0.3) is 0 Å². The average Bonchev–Trinajstić information content (AvgIpc) is 2.25. The summed E-state index contributed by atoms with van der Waals surface area (Å²) in [5.41, 5.74) is 0.619. The van der Waals surface area contributed by atoms with Crippen LogP contribution in [0.25, 0.3) is 0 Å². The number of ketones is 1. The van der Waals surface area contributed by atoms with Crippen LogP contribution in [-0.2, 0) is 0 Å². The Balaban J connectivity index is 2.58. The first-order valence-electron chi connectivity index (χ1n) is 4.31. The summed E-state index contributed by atoms with van der Waals surface area (Å²) in [6.07, 6.45) is 2.88. The first-order valence-corrected chi connectivity index (χ1v) is 5.10. The van der Waals surface area contributed by atoms with E-state index >= 15 is 0 Å². The molecule has 4 heteroatoms. The Morgan fingerprint density at radius 3 is 2.73 bits per heavy atom. The summed E-state index contributed by atoms with van der Waals surface area (Å²) in [6.45, 7) is 0.199. The number of nitrogens with zero attached hydrogens (tertiary/aromatic N) is 1. The molecule has 0 aliphatic carbocycles. The topological polar surface area (TPSA) is 52.9 Å². The van der Waals surface area contributed by atoms with Crippen molar-refractivity contribution in [1.29, 1.82) is 5.26 Å². The molecule has 0 atom stereocenters. The number of hydrogen-bond donors (Lipinski definition) is 1. The fourth-order valence-electron chi connectivity index (χ4n) is 0.950. The maximum Gasteiger partial charge on any atom is 0.187 e. The first-order chi connectivity index (χ1) is 7.24. The van der Waals surface area contributed by atoms with Crippen LogP contribution in [0, 0.1) is 11.3 Å². The fourth-order valence-corrected chi connectivity index (χ4v) is 1.21. The number of allylic oxidation sites excluding steroid dienone is 1. The molecule has 0 heterocycles. The van der Waals surface area contributed by atoms with Crippen LogP contribution in [0.4, 0.5) is 0 Å². The lowest BCUT2D eigenvalue weighted by Gasteiger charge is -1.95. The summed E-state index contributed by atoms with van der Waals surface area (Å²) in [4.78, 5) is 11.5. The van der Waals surface area contributed by atoms with Gasteiger partial charge in [0.05, 0.1) is 6.07 Å². The van der Waals surface area contributed by atoms with Crippen molar-refractivity contribution in [3.63, 3.8) is 0 Å². The van der Waals surface area contributed by atoms with Crippen molar-refractivity contribution in [2.24, 2.45) is 0 Å². The molecule has 0 aliphatic heterocycles. The average molecular weight is 265 g/mol. The van der Waals surface area contributed by atoms with E-state index < -0.39 is 0 Å². The van der Waals surface area contributed by atoms with Crippen LogP contribution in [-0.4, -0.2) is 12.3 Å². The Bertz CT molecular complexity index is 404. The summed E-state index contributed by atoms with van der Waals surface area (Å²) < 4.78 is 0.936. The minimum absolute atomic E-state index is 0.0899. The molecule has 0 amide bonds. The largest absolute Gasteiger partial charge is 0.378 e. The zero-order chi connectivity index (χ0) is 11.1. The van der Waals surface area contributed by atoms with Gasteiger partial charge in [-0.15, -0.1) is 0 Å². The predicted molar refractivity (Wildman–Crippen MR) is 61.2 cm³/mol. The fraction of sp³-hybridized carbons (Fsp3) is 0.0909. The third-order valence-electron chi connectivity index (χ3n) is 1.66. The van der Waals surface area contributed by atoms with Crippen molar-refractivity contribution in [1.82, 2.24) is 5.32 Å². The quantitative estimate of drug-likeness (QED) is 0.393. The lowest BCUT2D eigenvalue weighted by atomic mass is 10.1. The van der Waals surface area contributed by atoms with Gasteiger partial charge in [-0.1, -0.05) is 15.9 Å². The minimum Gasteiger partial charge on any atom is -0.378 e. The number of benzene rings is 1. The van der Waals surface area contributed by atoms with Crippen LogP contribution >= 0.6 is 15.9 Å². The summed E-state index contributed by atoms with van der Waals surface area (Å²) in [6, 6.07) is 9.00. The normalized spacial score (nSPS) is 9.87. The van der Waals surface area contributed by atoms with E-state index in [-0.39, 0.29) is 12.3 Å². The van der Waals surface area contributed by atoms with Gasteiger partial charge in [0.2, 0.25) is 0 Å². The van der Waals surface area contributed by atoms with Crippen molar-refractivity contribution in [3.05, 3.63) is 46.6 Å². The smallest absolute Gasteiger partial charge is 0.187 e. The molecule has 0 saturated heterocycles. The second-order valence-electron chi connectivity index (χ2n) is 2.74. The molecule has 3 nitrogen and oxygen atoms in total. The molecule has 0 aromatic heterocycles. The molecule has 1 aromatic rings. The summed E-state index contributed by atoms with van der Waals surface area (Å²) in [5, 5.41) is 10.9.